The van der Waals surface area contributed by atoms with Crippen molar-refractivity contribution in [3.63, 3.8) is 0 Å². The minimum Gasteiger partial charge on any atom is -0.348 e. The van der Waals surface area contributed by atoms with Crippen LogP contribution in [-0.4, -0.2) is 30.5 Å². The van der Waals surface area contributed by atoms with E-state index in [1.54, 1.807) is 12.1 Å². The van der Waals surface area contributed by atoms with Gasteiger partial charge in [-0.05, 0) is 12.1 Å². The number of rotatable bonds is 3. The number of aromatic nitrogens is 5. The van der Waals surface area contributed by atoms with Gasteiger partial charge in [0.1, 0.15) is 5.52 Å². The Balaban J connectivity index is 1.80. The van der Waals surface area contributed by atoms with Crippen molar-refractivity contribution in [2.45, 2.75) is 12.7 Å². The van der Waals surface area contributed by atoms with Gasteiger partial charge in [-0.2, -0.15) is 33.1 Å². The van der Waals surface area contributed by atoms with Gasteiger partial charge >= 0.3 is 6.18 Å². The summed E-state index contributed by atoms with van der Waals surface area (Å²) in [4.78, 5) is 12.2. The van der Waals surface area contributed by atoms with E-state index < -0.39 is 17.8 Å². The summed E-state index contributed by atoms with van der Waals surface area (Å²) in [6, 6.07) is 3.27. The Bertz CT molecular complexity index is 866. The molecule has 0 bridgehead atoms. The van der Waals surface area contributed by atoms with Crippen LogP contribution >= 0.6 is 0 Å². The van der Waals surface area contributed by atoms with Crippen LogP contribution < -0.4 is 5.32 Å². The molecule has 0 aliphatic carbocycles. The SMILES string of the molecule is Cn1cc(CNC(=O)c2cnn3ncccc23)c(C(F)(F)F)n1. The molecule has 0 aromatic carbocycles. The second-order valence-corrected chi connectivity index (χ2v) is 4.81. The van der Waals surface area contributed by atoms with E-state index in [4.69, 9.17) is 0 Å². The molecule has 3 aromatic heterocycles. The number of amides is 1. The quantitative estimate of drug-likeness (QED) is 0.790. The molecule has 0 fully saturated rings. The molecule has 3 heterocycles. The first-order valence-electron chi connectivity index (χ1n) is 6.53. The van der Waals surface area contributed by atoms with Crippen molar-refractivity contribution in [2.75, 3.05) is 0 Å². The Morgan fingerprint density at radius 2 is 2.13 bits per heavy atom. The molecule has 0 spiro atoms. The van der Waals surface area contributed by atoms with E-state index in [9.17, 15) is 18.0 Å². The molecule has 1 amide bonds. The highest BCUT2D eigenvalue weighted by Crippen LogP contribution is 2.30. The summed E-state index contributed by atoms with van der Waals surface area (Å²) in [7, 11) is 1.39. The van der Waals surface area contributed by atoms with Gasteiger partial charge in [-0.15, -0.1) is 0 Å². The average molecular weight is 324 g/mol. The number of carbonyl (C=O) groups is 1. The van der Waals surface area contributed by atoms with Gasteiger partial charge in [0.2, 0.25) is 0 Å². The van der Waals surface area contributed by atoms with Crippen LogP contribution in [0.1, 0.15) is 21.6 Å². The molecule has 0 atom stereocenters. The topological polar surface area (TPSA) is 77.1 Å². The van der Waals surface area contributed by atoms with E-state index in [0.29, 0.717) is 5.52 Å². The van der Waals surface area contributed by atoms with E-state index in [1.165, 1.54) is 30.3 Å². The highest BCUT2D eigenvalue weighted by Gasteiger charge is 2.36. The van der Waals surface area contributed by atoms with Crippen molar-refractivity contribution in [3.05, 3.63) is 47.5 Å². The molecule has 0 unspecified atom stereocenters. The zero-order valence-corrected chi connectivity index (χ0v) is 11.9. The van der Waals surface area contributed by atoms with Crippen molar-refractivity contribution in [1.29, 1.82) is 0 Å². The number of aryl methyl sites for hydroxylation is 1. The third kappa shape index (κ3) is 2.87. The Hall–Kier alpha value is -2.91. The maximum atomic E-state index is 12.9. The highest BCUT2D eigenvalue weighted by atomic mass is 19.4. The van der Waals surface area contributed by atoms with Crippen LogP contribution in [0.2, 0.25) is 0 Å². The van der Waals surface area contributed by atoms with Crippen molar-refractivity contribution >= 4 is 11.4 Å². The highest BCUT2D eigenvalue weighted by molar-refractivity contribution is 6.00. The number of fused-ring (bicyclic) bond motifs is 1. The van der Waals surface area contributed by atoms with Crippen LogP contribution in [0.3, 0.4) is 0 Å². The molecule has 1 N–H and O–H groups in total. The summed E-state index contributed by atoms with van der Waals surface area (Å²) in [5, 5.41) is 13.7. The first-order valence-corrected chi connectivity index (χ1v) is 6.53. The monoisotopic (exact) mass is 324 g/mol. The smallest absolute Gasteiger partial charge is 0.348 e. The van der Waals surface area contributed by atoms with E-state index in [0.717, 1.165) is 4.68 Å². The first kappa shape index (κ1) is 15.0. The molecule has 7 nitrogen and oxygen atoms in total. The molecule has 0 radical (unpaired) electrons. The van der Waals surface area contributed by atoms with Gasteiger partial charge < -0.3 is 5.32 Å². The summed E-state index contributed by atoms with van der Waals surface area (Å²) < 4.78 is 40.9. The Kier molecular flexibility index (Phi) is 3.51. The maximum Gasteiger partial charge on any atom is 0.435 e. The van der Waals surface area contributed by atoms with Crippen LogP contribution in [-0.2, 0) is 19.8 Å². The van der Waals surface area contributed by atoms with Gasteiger partial charge in [0, 0.05) is 31.5 Å². The van der Waals surface area contributed by atoms with E-state index in [2.05, 4.69) is 20.6 Å². The number of nitrogens with one attached hydrogen (secondary N) is 1. The number of alkyl halides is 3. The molecular formula is C13H11F3N6O. The van der Waals surface area contributed by atoms with Gasteiger partial charge in [-0.3, -0.25) is 9.48 Å². The molecule has 3 aromatic rings. The second-order valence-electron chi connectivity index (χ2n) is 4.81. The fraction of sp³-hybridized carbons (Fsp3) is 0.231. The zero-order valence-electron chi connectivity index (χ0n) is 11.9. The molecule has 23 heavy (non-hydrogen) atoms. The second kappa shape index (κ2) is 5.38. The summed E-state index contributed by atoms with van der Waals surface area (Å²) >= 11 is 0. The van der Waals surface area contributed by atoms with E-state index in [-0.39, 0.29) is 17.7 Å². The molecule has 10 heteroatoms. The third-order valence-electron chi connectivity index (χ3n) is 3.16. The van der Waals surface area contributed by atoms with Crippen molar-refractivity contribution in [3.8, 4) is 0 Å². The molecule has 0 aliphatic heterocycles. The summed E-state index contributed by atoms with van der Waals surface area (Å²) in [5.41, 5.74) is -0.424. The van der Waals surface area contributed by atoms with Gasteiger partial charge in [-0.1, -0.05) is 0 Å². The third-order valence-corrected chi connectivity index (χ3v) is 3.16. The van der Waals surface area contributed by atoms with Crippen molar-refractivity contribution in [1.82, 2.24) is 29.9 Å². The predicted molar refractivity (Wildman–Crippen MR) is 72.4 cm³/mol. The molecule has 0 saturated carbocycles. The van der Waals surface area contributed by atoms with Crippen molar-refractivity contribution < 1.29 is 18.0 Å². The van der Waals surface area contributed by atoms with E-state index >= 15 is 0 Å². The lowest BCUT2D eigenvalue weighted by Crippen LogP contribution is -2.24. The van der Waals surface area contributed by atoms with Crippen LogP contribution in [0.5, 0.6) is 0 Å². The number of halogens is 3. The Labute approximate surface area is 127 Å². The largest absolute Gasteiger partial charge is 0.435 e. The molecule has 3 rings (SSSR count). The summed E-state index contributed by atoms with van der Waals surface area (Å²) in [6.07, 6.45) is -0.533. The van der Waals surface area contributed by atoms with Crippen LogP contribution in [0.25, 0.3) is 5.52 Å². The Morgan fingerprint density at radius 1 is 1.35 bits per heavy atom. The average Bonchev–Trinajstić information content (AvgIpc) is 3.07. The predicted octanol–water partition coefficient (Wildman–Crippen LogP) is 1.41. The van der Waals surface area contributed by atoms with Crippen LogP contribution in [0, 0.1) is 0 Å². The van der Waals surface area contributed by atoms with Crippen LogP contribution in [0.15, 0.2) is 30.7 Å². The molecule has 0 aliphatic rings. The van der Waals surface area contributed by atoms with Gasteiger partial charge in [-0.25, -0.2) is 0 Å². The fourth-order valence-corrected chi connectivity index (χ4v) is 2.18. The normalized spacial score (nSPS) is 11.8. The van der Waals surface area contributed by atoms with Crippen molar-refractivity contribution in [2.24, 2.45) is 7.05 Å². The fourth-order valence-electron chi connectivity index (χ4n) is 2.18. The minimum atomic E-state index is -4.57. The summed E-state index contributed by atoms with van der Waals surface area (Å²) in [5.74, 6) is -0.537. The zero-order chi connectivity index (χ0) is 16.6. The van der Waals surface area contributed by atoms with Gasteiger partial charge in [0.25, 0.3) is 5.91 Å². The van der Waals surface area contributed by atoms with E-state index in [1.807, 2.05) is 0 Å². The molecule has 0 saturated heterocycles. The lowest BCUT2D eigenvalue weighted by Gasteiger charge is -2.07. The van der Waals surface area contributed by atoms with Gasteiger partial charge in [0.15, 0.2) is 5.69 Å². The minimum absolute atomic E-state index is 0.108. The molecule has 120 valence electrons. The standard InChI is InChI=1S/C13H11F3N6O/c1-21-7-8(11(20-21)13(14,15)16)5-17-12(23)9-6-19-22-10(9)3-2-4-18-22/h2-4,6-7H,5H2,1H3,(H,17,23). The lowest BCUT2D eigenvalue weighted by atomic mass is 10.2. The summed E-state index contributed by atoms with van der Waals surface area (Å²) in [6.45, 7) is -0.293. The first-order chi connectivity index (χ1) is 10.9. The number of hydrogen-bond acceptors (Lipinski definition) is 4. The number of hydrogen-bond donors (Lipinski definition) is 1. The Morgan fingerprint density at radius 3 is 2.87 bits per heavy atom. The van der Waals surface area contributed by atoms with Crippen LogP contribution in [0.4, 0.5) is 13.2 Å². The maximum absolute atomic E-state index is 12.9. The number of nitrogens with zero attached hydrogens (tertiary/aromatic N) is 5. The van der Waals surface area contributed by atoms with Gasteiger partial charge in [0.05, 0.1) is 11.8 Å². The number of carbonyl (C=O) groups excluding carboxylic acids is 1. The molecular weight excluding hydrogens is 313 g/mol. The lowest BCUT2D eigenvalue weighted by molar-refractivity contribution is -0.142.